The van der Waals surface area contributed by atoms with Gasteiger partial charge in [-0.25, -0.2) is 0 Å². The molecule has 0 radical (unpaired) electrons. The Morgan fingerprint density at radius 2 is 2.31 bits per heavy atom. The van der Waals surface area contributed by atoms with E-state index in [1.54, 1.807) is 0 Å². The molecule has 1 unspecified atom stereocenters. The molecule has 4 heteroatoms. The zero-order valence-corrected chi connectivity index (χ0v) is 10.3. The monoisotopic (exact) mass is 228 g/mol. The van der Waals surface area contributed by atoms with E-state index in [9.17, 15) is 4.79 Å². The van der Waals surface area contributed by atoms with Crippen molar-refractivity contribution in [3.63, 3.8) is 0 Å². The number of unbranched alkanes of at least 4 members (excludes halogenated alkanes) is 1. The van der Waals surface area contributed by atoms with Crippen molar-refractivity contribution < 1.29 is 9.53 Å². The molecule has 0 bridgehead atoms. The average molecular weight is 228 g/mol. The third kappa shape index (κ3) is 4.49. The van der Waals surface area contributed by atoms with Crippen molar-refractivity contribution in [1.29, 1.82) is 0 Å². The number of rotatable bonds is 7. The normalized spacial score (nSPS) is 20.0. The van der Waals surface area contributed by atoms with Gasteiger partial charge in [-0.15, -0.1) is 0 Å². The first-order chi connectivity index (χ1) is 7.77. The second kappa shape index (κ2) is 7.63. The smallest absolute Gasteiger partial charge is 0.222 e. The number of carbonyl (C=O) groups is 1. The molecule has 16 heavy (non-hydrogen) atoms. The van der Waals surface area contributed by atoms with Crippen molar-refractivity contribution in [2.45, 2.75) is 32.6 Å². The average Bonchev–Trinajstić information content (AvgIpc) is 2.78. The first-order valence-corrected chi connectivity index (χ1v) is 6.33. The minimum Gasteiger partial charge on any atom is -0.381 e. The molecule has 94 valence electrons. The lowest BCUT2D eigenvalue weighted by atomic mass is 10.1. The maximum atomic E-state index is 11.9. The maximum absolute atomic E-state index is 11.9. The molecule has 0 spiro atoms. The van der Waals surface area contributed by atoms with Crippen molar-refractivity contribution in [1.82, 2.24) is 4.90 Å². The molecule has 1 rings (SSSR count). The number of ether oxygens (including phenoxy) is 1. The molecule has 4 nitrogen and oxygen atoms in total. The summed E-state index contributed by atoms with van der Waals surface area (Å²) in [6, 6.07) is 0. The Morgan fingerprint density at radius 3 is 2.88 bits per heavy atom. The minimum atomic E-state index is 0.267. The van der Waals surface area contributed by atoms with Crippen molar-refractivity contribution in [2.24, 2.45) is 11.7 Å². The predicted molar refractivity (Wildman–Crippen MR) is 64.1 cm³/mol. The molecule has 1 amide bonds. The van der Waals surface area contributed by atoms with Crippen LogP contribution in [0.1, 0.15) is 32.6 Å². The molecule has 1 aliphatic heterocycles. The van der Waals surface area contributed by atoms with Gasteiger partial charge in [-0.3, -0.25) is 4.79 Å². The highest BCUT2D eigenvalue weighted by atomic mass is 16.5. The van der Waals surface area contributed by atoms with Crippen LogP contribution in [0, 0.1) is 5.92 Å². The molecule has 0 aliphatic carbocycles. The van der Waals surface area contributed by atoms with Crippen LogP contribution in [0.15, 0.2) is 0 Å². The summed E-state index contributed by atoms with van der Waals surface area (Å²) in [7, 11) is 0. The maximum Gasteiger partial charge on any atom is 0.222 e. The van der Waals surface area contributed by atoms with Crippen LogP contribution >= 0.6 is 0 Å². The van der Waals surface area contributed by atoms with E-state index in [1.807, 2.05) is 11.8 Å². The van der Waals surface area contributed by atoms with E-state index in [1.165, 1.54) is 0 Å². The van der Waals surface area contributed by atoms with E-state index in [0.29, 0.717) is 18.9 Å². The molecule has 0 aromatic carbocycles. The van der Waals surface area contributed by atoms with E-state index >= 15 is 0 Å². The van der Waals surface area contributed by atoms with Crippen LogP contribution in [0.2, 0.25) is 0 Å². The molecule has 0 saturated carbocycles. The van der Waals surface area contributed by atoms with Gasteiger partial charge in [0.2, 0.25) is 5.91 Å². The molecular formula is C12H24N2O2. The summed E-state index contributed by atoms with van der Waals surface area (Å²) in [5, 5.41) is 0. The highest BCUT2D eigenvalue weighted by Crippen LogP contribution is 2.14. The highest BCUT2D eigenvalue weighted by Gasteiger charge is 2.20. The number of nitrogens with zero attached hydrogens (tertiary/aromatic N) is 1. The third-order valence-corrected chi connectivity index (χ3v) is 3.08. The van der Waals surface area contributed by atoms with Crippen LogP contribution in [0.4, 0.5) is 0 Å². The topological polar surface area (TPSA) is 55.6 Å². The molecule has 2 N–H and O–H groups in total. The lowest BCUT2D eigenvalue weighted by Crippen LogP contribution is -2.35. The van der Waals surface area contributed by atoms with Crippen LogP contribution in [-0.2, 0) is 9.53 Å². The highest BCUT2D eigenvalue weighted by molar-refractivity contribution is 5.76. The van der Waals surface area contributed by atoms with Crippen LogP contribution in [0.25, 0.3) is 0 Å². The largest absolute Gasteiger partial charge is 0.381 e. The lowest BCUT2D eigenvalue weighted by Gasteiger charge is -2.23. The second-order valence-corrected chi connectivity index (χ2v) is 4.41. The molecule has 1 saturated heterocycles. The van der Waals surface area contributed by atoms with E-state index in [2.05, 4.69) is 0 Å². The zero-order valence-electron chi connectivity index (χ0n) is 10.3. The van der Waals surface area contributed by atoms with Gasteiger partial charge in [0.15, 0.2) is 0 Å². The summed E-state index contributed by atoms with van der Waals surface area (Å²) in [6.07, 6.45) is 3.58. The summed E-state index contributed by atoms with van der Waals surface area (Å²) in [4.78, 5) is 13.8. The minimum absolute atomic E-state index is 0.267. The Morgan fingerprint density at radius 1 is 1.50 bits per heavy atom. The van der Waals surface area contributed by atoms with Crippen molar-refractivity contribution in [2.75, 3.05) is 32.8 Å². The summed E-state index contributed by atoms with van der Waals surface area (Å²) in [5.74, 6) is 0.807. The van der Waals surface area contributed by atoms with E-state index in [4.69, 9.17) is 10.5 Å². The fourth-order valence-electron chi connectivity index (χ4n) is 2.02. The molecule has 1 atom stereocenters. The zero-order chi connectivity index (χ0) is 11.8. The van der Waals surface area contributed by atoms with Gasteiger partial charge < -0.3 is 15.4 Å². The first kappa shape index (κ1) is 13.5. The Kier molecular flexibility index (Phi) is 6.42. The molecule has 1 heterocycles. The van der Waals surface area contributed by atoms with Gasteiger partial charge in [0.1, 0.15) is 0 Å². The predicted octanol–water partition coefficient (Wildman–Crippen LogP) is 1.00. The summed E-state index contributed by atoms with van der Waals surface area (Å²) in [6.45, 7) is 6.04. The summed E-state index contributed by atoms with van der Waals surface area (Å²) in [5.41, 5.74) is 5.41. The van der Waals surface area contributed by atoms with Gasteiger partial charge in [-0.2, -0.15) is 0 Å². The number of hydrogen-bond acceptors (Lipinski definition) is 3. The van der Waals surface area contributed by atoms with Crippen LogP contribution < -0.4 is 5.73 Å². The summed E-state index contributed by atoms with van der Waals surface area (Å²) >= 11 is 0. The first-order valence-electron chi connectivity index (χ1n) is 6.33. The van der Waals surface area contributed by atoms with Gasteiger partial charge in [0.25, 0.3) is 0 Å². The number of hydrogen-bond donors (Lipinski definition) is 1. The van der Waals surface area contributed by atoms with Crippen molar-refractivity contribution in [3.8, 4) is 0 Å². The molecule has 0 aromatic heterocycles. The van der Waals surface area contributed by atoms with E-state index < -0.39 is 0 Å². The molecule has 1 aliphatic rings. The van der Waals surface area contributed by atoms with Gasteiger partial charge in [-0.05, 0) is 32.7 Å². The SMILES string of the molecule is CCN(CC1CCOC1)C(=O)CCCCN. The Bertz CT molecular complexity index is 203. The van der Waals surface area contributed by atoms with Gasteiger partial charge in [0.05, 0.1) is 6.61 Å². The van der Waals surface area contributed by atoms with Crippen LogP contribution in [0.3, 0.4) is 0 Å². The van der Waals surface area contributed by atoms with Crippen molar-refractivity contribution >= 4 is 5.91 Å². The molecular weight excluding hydrogens is 204 g/mol. The number of amides is 1. The third-order valence-electron chi connectivity index (χ3n) is 3.08. The van der Waals surface area contributed by atoms with E-state index in [-0.39, 0.29) is 5.91 Å². The quantitative estimate of drug-likeness (QED) is 0.661. The number of nitrogens with two attached hydrogens (primary N) is 1. The van der Waals surface area contributed by atoms with Gasteiger partial charge in [-0.1, -0.05) is 0 Å². The standard InChI is InChI=1S/C12H24N2O2/c1-2-14(9-11-6-8-16-10-11)12(15)5-3-4-7-13/h11H,2-10,13H2,1H3. The van der Waals surface area contributed by atoms with Crippen LogP contribution in [-0.4, -0.2) is 43.7 Å². The Balaban J connectivity index is 2.25. The van der Waals surface area contributed by atoms with Crippen LogP contribution in [0.5, 0.6) is 0 Å². The van der Waals surface area contributed by atoms with E-state index in [0.717, 1.165) is 45.6 Å². The van der Waals surface area contributed by atoms with Gasteiger partial charge >= 0.3 is 0 Å². The Hall–Kier alpha value is -0.610. The molecule has 0 aromatic rings. The van der Waals surface area contributed by atoms with Gasteiger partial charge in [0, 0.05) is 32.0 Å². The summed E-state index contributed by atoms with van der Waals surface area (Å²) < 4.78 is 5.33. The molecule has 1 fully saturated rings. The Labute approximate surface area is 98.1 Å². The fourth-order valence-corrected chi connectivity index (χ4v) is 2.02. The lowest BCUT2D eigenvalue weighted by molar-refractivity contribution is -0.131. The number of carbonyl (C=O) groups excluding carboxylic acids is 1. The fraction of sp³-hybridized carbons (Fsp3) is 0.917. The second-order valence-electron chi connectivity index (χ2n) is 4.41. The van der Waals surface area contributed by atoms with Crippen molar-refractivity contribution in [3.05, 3.63) is 0 Å².